The molecule has 7 heteroatoms. The summed E-state index contributed by atoms with van der Waals surface area (Å²) in [5.74, 6) is 0.862. The van der Waals surface area contributed by atoms with Gasteiger partial charge in [-0.2, -0.15) is 0 Å². The summed E-state index contributed by atoms with van der Waals surface area (Å²) in [7, 11) is 1.65. The first-order chi connectivity index (χ1) is 15.6. The summed E-state index contributed by atoms with van der Waals surface area (Å²) in [4.78, 5) is 19.7. The smallest absolute Gasteiger partial charge is 0.250 e. The Labute approximate surface area is 204 Å². The Morgan fingerprint density at radius 1 is 0.970 bits per heavy atom. The van der Waals surface area contributed by atoms with E-state index in [2.05, 4.69) is 4.98 Å². The number of hydrogen-bond acceptors (Lipinski definition) is 3. The highest BCUT2D eigenvalue weighted by Gasteiger charge is 2.34. The van der Waals surface area contributed by atoms with E-state index in [-0.39, 0.29) is 18.3 Å². The molecule has 168 valence electrons. The Bertz CT molecular complexity index is 1240. The quantitative estimate of drug-likeness (QED) is 0.365. The van der Waals surface area contributed by atoms with E-state index in [0.29, 0.717) is 18.1 Å². The molecule has 5 nitrogen and oxygen atoms in total. The molecule has 1 amide bonds. The van der Waals surface area contributed by atoms with Crippen LogP contribution in [0.1, 0.15) is 22.9 Å². The molecule has 0 radical (unpaired) electrons. The number of halogens is 2. The fourth-order valence-corrected chi connectivity index (χ4v) is 4.27. The van der Waals surface area contributed by atoms with Crippen LogP contribution in [0.5, 0.6) is 5.75 Å². The van der Waals surface area contributed by atoms with E-state index in [1.54, 1.807) is 13.4 Å². The molecule has 0 aliphatic carbocycles. The third kappa shape index (κ3) is 4.61. The fourth-order valence-electron chi connectivity index (χ4n) is 4.14. The van der Waals surface area contributed by atoms with Crippen molar-refractivity contribution in [1.29, 1.82) is 0 Å². The van der Waals surface area contributed by atoms with Gasteiger partial charge in [-0.05, 0) is 46.5 Å². The minimum atomic E-state index is -0.432. The molecule has 3 aromatic carbocycles. The summed E-state index contributed by atoms with van der Waals surface area (Å²) < 4.78 is 7.22. The molecule has 1 aromatic heterocycles. The second-order valence-corrected chi connectivity index (χ2v) is 8.30. The monoisotopic (exact) mass is 479 g/mol. The molecule has 1 aliphatic rings. The maximum atomic E-state index is 13.5. The van der Waals surface area contributed by atoms with Crippen LogP contribution < -0.4 is 4.74 Å². The molecule has 33 heavy (non-hydrogen) atoms. The van der Waals surface area contributed by atoms with Crippen molar-refractivity contribution in [3.63, 3.8) is 0 Å². The van der Waals surface area contributed by atoms with E-state index < -0.39 is 6.04 Å². The van der Waals surface area contributed by atoms with E-state index in [1.807, 2.05) is 88.5 Å². The molecule has 2 heterocycles. The molecule has 0 saturated heterocycles. The fraction of sp³-hybridized carbons (Fsp3) is 0.154. The van der Waals surface area contributed by atoms with Gasteiger partial charge in [-0.3, -0.25) is 4.79 Å². The number of hydrogen-bond donors (Lipinski definition) is 0. The number of carbonyl (C=O) groups excluding carboxylic acids is 1. The molecule has 1 atom stereocenters. The molecule has 1 unspecified atom stereocenters. The van der Waals surface area contributed by atoms with Gasteiger partial charge in [-0.25, -0.2) is 4.98 Å². The molecule has 1 aliphatic heterocycles. The van der Waals surface area contributed by atoms with Gasteiger partial charge in [0.2, 0.25) is 0 Å². The van der Waals surface area contributed by atoms with Gasteiger partial charge in [0.15, 0.2) is 0 Å². The average Bonchev–Trinajstić information content (AvgIpc) is 3.29. The van der Waals surface area contributed by atoms with Crippen molar-refractivity contribution in [1.82, 2.24) is 14.5 Å². The van der Waals surface area contributed by atoms with Gasteiger partial charge < -0.3 is 14.2 Å². The van der Waals surface area contributed by atoms with Gasteiger partial charge in [0, 0.05) is 17.8 Å². The van der Waals surface area contributed by atoms with Crippen LogP contribution in [0.2, 0.25) is 5.02 Å². The molecule has 0 spiro atoms. The zero-order valence-corrected chi connectivity index (χ0v) is 19.6. The van der Waals surface area contributed by atoms with E-state index >= 15 is 0 Å². The average molecular weight is 480 g/mol. The Balaban J connectivity index is 0.00000259. The van der Waals surface area contributed by atoms with Crippen LogP contribution in [0.4, 0.5) is 0 Å². The molecule has 0 fully saturated rings. The van der Waals surface area contributed by atoms with Gasteiger partial charge in [0.25, 0.3) is 5.91 Å². The maximum Gasteiger partial charge on any atom is 0.250 e. The number of benzene rings is 3. The number of carbonyl (C=O) groups is 1. The summed E-state index contributed by atoms with van der Waals surface area (Å²) in [5.41, 5.74) is 5.18. The third-order valence-electron chi connectivity index (χ3n) is 5.86. The summed E-state index contributed by atoms with van der Waals surface area (Å²) in [6, 6.07) is 23.3. The van der Waals surface area contributed by atoms with E-state index in [4.69, 9.17) is 16.3 Å². The van der Waals surface area contributed by atoms with Gasteiger partial charge in [0.05, 0.1) is 25.7 Å². The number of imidazole rings is 1. The lowest BCUT2D eigenvalue weighted by molar-refractivity contribution is -0.136. The highest BCUT2D eigenvalue weighted by atomic mass is 35.5. The van der Waals surface area contributed by atoms with Crippen molar-refractivity contribution in [2.75, 3.05) is 7.11 Å². The summed E-state index contributed by atoms with van der Waals surface area (Å²) in [6.07, 6.45) is 3.58. The van der Waals surface area contributed by atoms with Crippen LogP contribution in [0.3, 0.4) is 0 Å². The molecule has 5 rings (SSSR count). The van der Waals surface area contributed by atoms with Crippen LogP contribution in [-0.4, -0.2) is 27.5 Å². The van der Waals surface area contributed by atoms with Gasteiger partial charge in [-0.1, -0.05) is 60.1 Å². The van der Waals surface area contributed by atoms with Crippen LogP contribution in [0.15, 0.2) is 85.3 Å². The van der Waals surface area contributed by atoms with Crippen molar-refractivity contribution in [3.05, 3.63) is 107 Å². The number of amides is 1. The zero-order valence-electron chi connectivity index (χ0n) is 18.0. The summed E-state index contributed by atoms with van der Waals surface area (Å²) in [6.45, 7) is 1.07. The van der Waals surface area contributed by atoms with Crippen molar-refractivity contribution in [2.24, 2.45) is 0 Å². The van der Waals surface area contributed by atoms with Crippen molar-refractivity contribution < 1.29 is 9.53 Å². The number of rotatable bonds is 5. The molecule has 0 N–H and O–H groups in total. The van der Waals surface area contributed by atoms with Crippen molar-refractivity contribution >= 4 is 29.9 Å². The molecular formula is C26H23Cl2N3O2. The van der Waals surface area contributed by atoms with Gasteiger partial charge in [-0.15, -0.1) is 12.4 Å². The first kappa shape index (κ1) is 22.9. The van der Waals surface area contributed by atoms with Gasteiger partial charge in [0.1, 0.15) is 11.8 Å². The van der Waals surface area contributed by atoms with Crippen molar-refractivity contribution in [2.45, 2.75) is 19.1 Å². The van der Waals surface area contributed by atoms with E-state index in [1.165, 1.54) is 0 Å². The van der Waals surface area contributed by atoms with Crippen LogP contribution in [-0.2, 0) is 17.9 Å². The van der Waals surface area contributed by atoms with E-state index in [0.717, 1.165) is 33.7 Å². The first-order valence-electron chi connectivity index (χ1n) is 10.4. The Kier molecular flexibility index (Phi) is 6.72. The Morgan fingerprint density at radius 2 is 1.61 bits per heavy atom. The topological polar surface area (TPSA) is 47.4 Å². The van der Waals surface area contributed by atoms with Crippen LogP contribution >= 0.6 is 24.0 Å². The van der Waals surface area contributed by atoms with E-state index in [9.17, 15) is 4.79 Å². The normalized spacial score (nSPS) is 15.0. The molecular weight excluding hydrogens is 457 g/mol. The maximum absolute atomic E-state index is 13.5. The van der Waals surface area contributed by atoms with Crippen LogP contribution in [0, 0.1) is 0 Å². The minimum Gasteiger partial charge on any atom is -0.497 e. The summed E-state index contributed by atoms with van der Waals surface area (Å²) >= 11 is 6.01. The lowest BCUT2D eigenvalue weighted by Gasteiger charge is -2.34. The number of fused-ring (bicyclic) bond motifs is 1. The highest BCUT2D eigenvalue weighted by Crippen LogP contribution is 2.31. The Hall–Kier alpha value is -3.28. The largest absolute Gasteiger partial charge is 0.497 e. The molecule has 0 saturated carbocycles. The SMILES string of the molecule is COc1ccc(CN2Cc3cncn3C(c3ccc(-c4ccc(Cl)cc4)cc3)C2=O)cc1.Cl. The predicted molar refractivity (Wildman–Crippen MR) is 132 cm³/mol. The Morgan fingerprint density at radius 3 is 2.24 bits per heavy atom. The second-order valence-electron chi connectivity index (χ2n) is 7.87. The number of methoxy groups -OCH3 is 1. The van der Waals surface area contributed by atoms with Crippen molar-refractivity contribution in [3.8, 4) is 16.9 Å². The zero-order chi connectivity index (χ0) is 22.1. The lowest BCUT2D eigenvalue weighted by Crippen LogP contribution is -2.42. The highest BCUT2D eigenvalue weighted by molar-refractivity contribution is 6.30. The third-order valence-corrected chi connectivity index (χ3v) is 6.11. The second kappa shape index (κ2) is 9.69. The lowest BCUT2D eigenvalue weighted by atomic mass is 9.98. The number of nitrogens with zero attached hydrogens (tertiary/aromatic N) is 3. The van der Waals surface area contributed by atoms with Crippen LogP contribution in [0.25, 0.3) is 11.1 Å². The predicted octanol–water partition coefficient (Wildman–Crippen LogP) is 5.77. The minimum absolute atomic E-state index is 0. The molecule has 4 aromatic rings. The standard InChI is InChI=1S/C26H22ClN3O2.ClH/c1-32-24-12-2-18(3-13-24)15-29-16-23-14-28-17-30(23)25(26(29)31)21-6-4-19(5-7-21)20-8-10-22(27)11-9-20;/h2-14,17,25H,15-16H2,1H3;1H. The number of aromatic nitrogens is 2. The number of ether oxygens (including phenoxy) is 1. The van der Waals surface area contributed by atoms with Gasteiger partial charge >= 0.3 is 0 Å². The molecule has 0 bridgehead atoms. The summed E-state index contributed by atoms with van der Waals surface area (Å²) in [5, 5.41) is 0.711. The first-order valence-corrected chi connectivity index (χ1v) is 10.8.